The van der Waals surface area contributed by atoms with Gasteiger partial charge < -0.3 is 10.2 Å². The van der Waals surface area contributed by atoms with E-state index in [9.17, 15) is 13.2 Å². The zero-order valence-electron chi connectivity index (χ0n) is 12.5. The van der Waals surface area contributed by atoms with Crippen LogP contribution in [0.25, 0.3) is 0 Å². The molecule has 0 saturated heterocycles. The monoisotopic (exact) mass is 370 g/mol. The Hall–Kier alpha value is -0.600. The number of rotatable bonds is 8. The summed E-state index contributed by atoms with van der Waals surface area (Å²) in [4.78, 5) is 2.01. The van der Waals surface area contributed by atoms with E-state index in [0.29, 0.717) is 13.1 Å². The Labute approximate surface area is 131 Å². The number of hydrogen-bond acceptors (Lipinski definition) is 3. The molecule has 0 amide bonds. The predicted molar refractivity (Wildman–Crippen MR) is 80.2 cm³/mol. The lowest BCUT2D eigenvalue weighted by molar-refractivity contribution is -0.136. The fourth-order valence-corrected chi connectivity index (χ4v) is 2.65. The van der Waals surface area contributed by atoms with E-state index in [4.69, 9.17) is 0 Å². The topological polar surface area (TPSA) is 33.1 Å². The quantitative estimate of drug-likeness (QED) is 0.762. The maximum atomic E-state index is 12.5. The Balaban J connectivity index is 2.88. The second-order valence-electron chi connectivity index (χ2n) is 5.17. The Morgan fingerprint density at radius 2 is 2.10 bits per heavy atom. The largest absolute Gasteiger partial charge is 0.389 e. The second kappa shape index (κ2) is 8.14. The Morgan fingerprint density at radius 1 is 1.43 bits per heavy atom. The van der Waals surface area contributed by atoms with E-state index in [1.165, 1.54) is 0 Å². The van der Waals surface area contributed by atoms with Gasteiger partial charge in [-0.2, -0.15) is 18.3 Å². The highest BCUT2D eigenvalue weighted by atomic mass is 79.9. The molecule has 8 heteroatoms. The van der Waals surface area contributed by atoms with E-state index in [-0.39, 0.29) is 12.5 Å². The summed E-state index contributed by atoms with van der Waals surface area (Å²) in [6.07, 6.45) is -3.31. The lowest BCUT2D eigenvalue weighted by Gasteiger charge is -2.21. The van der Waals surface area contributed by atoms with Crippen LogP contribution in [0.5, 0.6) is 0 Å². The molecule has 1 rings (SSSR count). The van der Waals surface area contributed by atoms with Crippen LogP contribution in [0.2, 0.25) is 0 Å². The first-order chi connectivity index (χ1) is 9.74. The first-order valence-electron chi connectivity index (χ1n) is 6.90. The summed E-state index contributed by atoms with van der Waals surface area (Å²) < 4.78 is 40.0. The molecule has 0 aromatic carbocycles. The van der Waals surface area contributed by atoms with Crippen molar-refractivity contribution >= 4 is 15.9 Å². The molecule has 0 aliphatic carbocycles. The molecule has 4 nitrogen and oxygen atoms in total. The van der Waals surface area contributed by atoms with Crippen LogP contribution in [0.3, 0.4) is 0 Å². The fourth-order valence-electron chi connectivity index (χ4n) is 2.08. The molecule has 0 radical (unpaired) electrons. The molecular formula is C13H22BrF3N4. The van der Waals surface area contributed by atoms with E-state index in [0.717, 1.165) is 16.7 Å². The van der Waals surface area contributed by atoms with E-state index in [1.54, 1.807) is 10.9 Å². The van der Waals surface area contributed by atoms with Crippen molar-refractivity contribution in [2.75, 3.05) is 27.2 Å². The van der Waals surface area contributed by atoms with Crippen molar-refractivity contribution in [1.82, 2.24) is 20.0 Å². The van der Waals surface area contributed by atoms with Crippen LogP contribution in [-0.2, 0) is 6.54 Å². The van der Waals surface area contributed by atoms with Crippen molar-refractivity contribution in [3.63, 3.8) is 0 Å². The van der Waals surface area contributed by atoms with Crippen LogP contribution >= 0.6 is 15.9 Å². The standard InChI is InChI=1S/C13H22BrF3N4/c1-4-18-11(5-6-13(15,16)17)12-10(14)9-19-21(12)8-7-20(2)3/h9,11,18H,4-8H2,1-3H3. The van der Waals surface area contributed by atoms with Gasteiger partial charge in [0.15, 0.2) is 0 Å². The minimum Gasteiger partial charge on any atom is -0.309 e. The molecule has 1 aromatic heterocycles. The number of halogens is 4. The van der Waals surface area contributed by atoms with E-state index >= 15 is 0 Å². The van der Waals surface area contributed by atoms with E-state index in [1.807, 2.05) is 25.9 Å². The summed E-state index contributed by atoms with van der Waals surface area (Å²) >= 11 is 3.40. The Kier molecular flexibility index (Phi) is 7.15. The normalized spacial score (nSPS) is 13.9. The van der Waals surface area contributed by atoms with Gasteiger partial charge in [-0.15, -0.1) is 0 Å². The van der Waals surface area contributed by atoms with Gasteiger partial charge >= 0.3 is 6.18 Å². The lowest BCUT2D eigenvalue weighted by Crippen LogP contribution is -2.28. The zero-order valence-corrected chi connectivity index (χ0v) is 14.1. The van der Waals surface area contributed by atoms with Gasteiger partial charge in [0.25, 0.3) is 0 Å². The SMILES string of the molecule is CCNC(CCC(F)(F)F)c1c(Br)cnn1CCN(C)C. The zero-order chi connectivity index (χ0) is 16.0. The number of alkyl halides is 3. The van der Waals surface area contributed by atoms with Crippen LogP contribution in [0.1, 0.15) is 31.5 Å². The summed E-state index contributed by atoms with van der Waals surface area (Å²) in [6, 6.07) is -0.365. The third-order valence-corrected chi connectivity index (χ3v) is 3.70. The molecule has 0 fully saturated rings. The van der Waals surface area contributed by atoms with Crippen molar-refractivity contribution in [1.29, 1.82) is 0 Å². The van der Waals surface area contributed by atoms with Gasteiger partial charge in [0.2, 0.25) is 0 Å². The number of nitrogens with zero attached hydrogens (tertiary/aromatic N) is 3. The third kappa shape index (κ3) is 6.36. The van der Waals surface area contributed by atoms with Gasteiger partial charge in [0.05, 0.1) is 29.0 Å². The average molecular weight is 371 g/mol. The van der Waals surface area contributed by atoms with Crippen molar-refractivity contribution < 1.29 is 13.2 Å². The highest BCUT2D eigenvalue weighted by Gasteiger charge is 2.30. The summed E-state index contributed by atoms with van der Waals surface area (Å²) in [5.74, 6) is 0. The van der Waals surface area contributed by atoms with Crippen LogP contribution in [0, 0.1) is 0 Å². The summed E-state index contributed by atoms with van der Waals surface area (Å²) in [6.45, 7) is 3.91. The highest BCUT2D eigenvalue weighted by molar-refractivity contribution is 9.10. The lowest BCUT2D eigenvalue weighted by atomic mass is 10.1. The molecule has 0 aliphatic rings. The average Bonchev–Trinajstić information content (AvgIpc) is 2.72. The number of aromatic nitrogens is 2. The van der Waals surface area contributed by atoms with Gasteiger partial charge in [-0.05, 0) is 43.0 Å². The Morgan fingerprint density at radius 3 is 2.62 bits per heavy atom. The van der Waals surface area contributed by atoms with Crippen molar-refractivity contribution in [3.8, 4) is 0 Å². The maximum Gasteiger partial charge on any atom is 0.389 e. The van der Waals surface area contributed by atoms with Gasteiger partial charge in [-0.3, -0.25) is 4.68 Å². The minimum atomic E-state index is -4.14. The molecule has 1 N–H and O–H groups in total. The Bertz CT molecular complexity index is 432. The van der Waals surface area contributed by atoms with Crippen molar-refractivity contribution in [3.05, 3.63) is 16.4 Å². The molecule has 122 valence electrons. The van der Waals surface area contributed by atoms with Crippen LogP contribution in [0.15, 0.2) is 10.7 Å². The predicted octanol–water partition coefficient (Wildman–Crippen LogP) is 3.20. The fraction of sp³-hybridized carbons (Fsp3) is 0.769. The van der Waals surface area contributed by atoms with E-state index < -0.39 is 12.6 Å². The molecule has 1 unspecified atom stereocenters. The van der Waals surface area contributed by atoms with Crippen LogP contribution in [-0.4, -0.2) is 48.0 Å². The first kappa shape index (κ1) is 18.4. The summed E-state index contributed by atoms with van der Waals surface area (Å²) in [7, 11) is 3.90. The molecule has 0 saturated carbocycles. The minimum absolute atomic E-state index is 0.00357. The summed E-state index contributed by atoms with van der Waals surface area (Å²) in [5.41, 5.74) is 0.781. The highest BCUT2D eigenvalue weighted by Crippen LogP contribution is 2.31. The molecule has 1 aromatic rings. The number of likely N-dealkylation sites (N-methyl/N-ethyl adjacent to an activating group) is 1. The molecule has 0 spiro atoms. The van der Waals surface area contributed by atoms with Gasteiger partial charge in [-0.25, -0.2) is 0 Å². The van der Waals surface area contributed by atoms with Gasteiger partial charge in [-0.1, -0.05) is 6.92 Å². The van der Waals surface area contributed by atoms with Gasteiger partial charge in [0.1, 0.15) is 0 Å². The first-order valence-corrected chi connectivity index (χ1v) is 7.70. The maximum absolute atomic E-state index is 12.5. The van der Waals surface area contributed by atoms with Crippen molar-refractivity contribution in [2.24, 2.45) is 0 Å². The second-order valence-corrected chi connectivity index (χ2v) is 6.02. The number of nitrogens with one attached hydrogen (secondary N) is 1. The van der Waals surface area contributed by atoms with Gasteiger partial charge in [0, 0.05) is 13.0 Å². The van der Waals surface area contributed by atoms with Crippen LogP contribution < -0.4 is 5.32 Å². The molecule has 1 heterocycles. The molecule has 1 atom stereocenters. The van der Waals surface area contributed by atoms with E-state index in [2.05, 4.69) is 26.3 Å². The molecule has 0 aliphatic heterocycles. The molecule has 0 bridgehead atoms. The molecule has 21 heavy (non-hydrogen) atoms. The summed E-state index contributed by atoms with van der Waals surface area (Å²) in [5, 5.41) is 7.38. The van der Waals surface area contributed by atoms with Crippen LogP contribution in [0.4, 0.5) is 13.2 Å². The third-order valence-electron chi connectivity index (χ3n) is 3.09. The molecular weight excluding hydrogens is 349 g/mol. The number of hydrogen-bond donors (Lipinski definition) is 1. The smallest absolute Gasteiger partial charge is 0.309 e. The van der Waals surface area contributed by atoms with Crippen molar-refractivity contribution in [2.45, 2.75) is 38.5 Å².